The van der Waals surface area contributed by atoms with Crippen LogP contribution < -0.4 is 15.5 Å². The molecule has 0 aromatic heterocycles. The van der Waals surface area contributed by atoms with Crippen LogP contribution in [0.15, 0.2) is 23.1 Å². The number of phenols is 1. The van der Waals surface area contributed by atoms with E-state index in [9.17, 15) is 13.5 Å². The summed E-state index contributed by atoms with van der Waals surface area (Å²) in [6.07, 6.45) is 1.75. The number of benzene rings is 1. The summed E-state index contributed by atoms with van der Waals surface area (Å²) in [6.45, 7) is 6.21. The maximum atomic E-state index is 12.7. The topological polar surface area (TPSA) is 95.3 Å². The first-order chi connectivity index (χ1) is 13.0. The second-order valence-corrected chi connectivity index (χ2v) is 9.13. The highest BCUT2D eigenvalue weighted by Crippen LogP contribution is 2.29. The van der Waals surface area contributed by atoms with E-state index in [2.05, 4.69) is 10.6 Å². The number of anilines is 1. The summed E-state index contributed by atoms with van der Waals surface area (Å²) < 4.78 is 32.2. The predicted molar refractivity (Wildman–Crippen MR) is 107 cm³/mol. The molecular weight excluding hydrogens is 388 g/mol. The van der Waals surface area contributed by atoms with Gasteiger partial charge in [-0.2, -0.15) is 4.31 Å². The van der Waals surface area contributed by atoms with Crippen LogP contribution in [0.4, 0.5) is 5.69 Å². The maximum Gasteiger partial charge on any atom is 0.243 e. The van der Waals surface area contributed by atoms with Crippen LogP contribution in [0, 0.1) is 0 Å². The van der Waals surface area contributed by atoms with E-state index in [1.54, 1.807) is 0 Å². The average Bonchev–Trinajstić information content (AvgIpc) is 3.20. The number of phenolic OH excluding ortho intramolecular Hbond substituents is 1. The Morgan fingerprint density at radius 3 is 2.67 bits per heavy atom. The molecule has 1 aromatic carbocycles. The summed E-state index contributed by atoms with van der Waals surface area (Å²) in [4.78, 5) is 1.61. The molecule has 27 heavy (non-hydrogen) atoms. The molecule has 0 aliphatic carbocycles. The standard InChI is InChI=1S/C17H26N4O4S2/c22-16-4-3-14(27(23,24)21-6-1-2-7-21)13-15(16)19-17(26)18-5-8-20-9-11-25-12-10-20/h3-4,13,22H,1-2,5-12H2,(H2,18,19,26)/p+1. The van der Waals surface area contributed by atoms with Crippen LogP contribution in [0.3, 0.4) is 0 Å². The lowest BCUT2D eigenvalue weighted by Gasteiger charge is -2.24. The maximum absolute atomic E-state index is 12.7. The van der Waals surface area contributed by atoms with Crippen molar-refractivity contribution in [3.05, 3.63) is 18.2 Å². The molecule has 4 N–H and O–H groups in total. The second kappa shape index (κ2) is 9.16. The average molecular weight is 416 g/mol. The zero-order valence-corrected chi connectivity index (χ0v) is 16.9. The van der Waals surface area contributed by atoms with Gasteiger partial charge in [0.1, 0.15) is 18.8 Å². The summed E-state index contributed by atoms with van der Waals surface area (Å²) in [7, 11) is -3.54. The third-order valence-electron chi connectivity index (χ3n) is 4.88. The fraction of sp³-hybridized carbons (Fsp3) is 0.588. The van der Waals surface area contributed by atoms with Gasteiger partial charge in [-0.15, -0.1) is 0 Å². The van der Waals surface area contributed by atoms with Gasteiger partial charge < -0.3 is 25.4 Å². The van der Waals surface area contributed by atoms with Crippen molar-refractivity contribution < 1.29 is 23.2 Å². The minimum atomic E-state index is -3.54. The van der Waals surface area contributed by atoms with Crippen molar-refractivity contribution in [1.29, 1.82) is 0 Å². The summed E-state index contributed by atoms with van der Waals surface area (Å²) >= 11 is 5.28. The van der Waals surface area contributed by atoms with Crippen molar-refractivity contribution in [3.8, 4) is 5.75 Å². The SMILES string of the molecule is O=S(=O)(c1ccc(O)c(NC(=S)NCC[NH+]2CCOCC2)c1)N1CCCC1. The quantitative estimate of drug-likeness (QED) is 0.363. The Morgan fingerprint density at radius 1 is 1.26 bits per heavy atom. The van der Waals surface area contributed by atoms with Gasteiger partial charge in [-0.1, -0.05) is 0 Å². The normalized spacial score (nSPS) is 19.1. The highest BCUT2D eigenvalue weighted by atomic mass is 32.2. The summed E-state index contributed by atoms with van der Waals surface area (Å²) in [5, 5.41) is 16.4. The van der Waals surface area contributed by atoms with E-state index < -0.39 is 10.0 Å². The van der Waals surface area contributed by atoms with Crippen molar-refractivity contribution >= 4 is 33.0 Å². The van der Waals surface area contributed by atoms with Crippen LogP contribution in [-0.4, -0.2) is 75.4 Å². The molecule has 10 heteroatoms. The van der Waals surface area contributed by atoms with Gasteiger partial charge in [-0.25, -0.2) is 8.42 Å². The molecule has 2 aliphatic rings. The van der Waals surface area contributed by atoms with Gasteiger partial charge >= 0.3 is 0 Å². The molecule has 2 fully saturated rings. The van der Waals surface area contributed by atoms with E-state index in [0.717, 1.165) is 45.7 Å². The minimum Gasteiger partial charge on any atom is -0.506 e. The number of nitrogens with one attached hydrogen (secondary N) is 3. The summed E-state index contributed by atoms with van der Waals surface area (Å²) in [5.74, 6) is -0.0432. The molecule has 0 unspecified atom stereocenters. The molecule has 150 valence electrons. The number of aromatic hydroxyl groups is 1. The fourth-order valence-electron chi connectivity index (χ4n) is 3.28. The second-order valence-electron chi connectivity index (χ2n) is 6.78. The Kier molecular flexibility index (Phi) is 6.88. The summed E-state index contributed by atoms with van der Waals surface area (Å²) in [6, 6.07) is 4.24. The number of hydrogen-bond acceptors (Lipinski definition) is 5. The summed E-state index contributed by atoms with van der Waals surface area (Å²) in [5.41, 5.74) is 0.284. The largest absolute Gasteiger partial charge is 0.506 e. The number of thiocarbonyl (C=S) groups is 1. The first-order valence-corrected chi connectivity index (χ1v) is 11.1. The van der Waals surface area contributed by atoms with Gasteiger partial charge in [0.15, 0.2) is 5.11 Å². The predicted octanol–water partition coefficient (Wildman–Crippen LogP) is -0.622. The van der Waals surface area contributed by atoms with E-state index in [1.807, 2.05) is 0 Å². The van der Waals surface area contributed by atoms with Crippen LogP contribution in [0.25, 0.3) is 0 Å². The number of quaternary nitrogens is 1. The molecule has 2 saturated heterocycles. The third kappa shape index (κ3) is 5.29. The van der Waals surface area contributed by atoms with E-state index in [4.69, 9.17) is 17.0 Å². The van der Waals surface area contributed by atoms with Gasteiger partial charge in [0.05, 0.1) is 36.9 Å². The Balaban J connectivity index is 1.58. The number of ether oxygens (including phenoxy) is 1. The number of morpholine rings is 1. The van der Waals surface area contributed by atoms with Crippen molar-refractivity contribution in [2.24, 2.45) is 0 Å². The molecule has 2 aliphatic heterocycles. The minimum absolute atomic E-state index is 0.0432. The lowest BCUT2D eigenvalue weighted by Crippen LogP contribution is -3.14. The Hall–Kier alpha value is -1.46. The molecular formula is C17H27N4O4S2+. The zero-order valence-electron chi connectivity index (χ0n) is 15.2. The molecule has 8 nitrogen and oxygen atoms in total. The highest BCUT2D eigenvalue weighted by Gasteiger charge is 2.27. The van der Waals surface area contributed by atoms with Crippen LogP contribution in [0.2, 0.25) is 0 Å². The molecule has 0 radical (unpaired) electrons. The number of rotatable bonds is 6. The van der Waals surface area contributed by atoms with E-state index in [0.29, 0.717) is 24.7 Å². The zero-order chi connectivity index (χ0) is 19.3. The Bertz CT molecular complexity index is 760. The third-order valence-corrected chi connectivity index (χ3v) is 7.02. The van der Waals surface area contributed by atoms with E-state index >= 15 is 0 Å². The van der Waals surface area contributed by atoms with Crippen molar-refractivity contribution in [1.82, 2.24) is 9.62 Å². The Labute approximate surface area is 165 Å². The molecule has 0 spiro atoms. The van der Waals surface area contributed by atoms with Gasteiger partial charge in [-0.3, -0.25) is 0 Å². The van der Waals surface area contributed by atoms with Gasteiger partial charge in [0, 0.05) is 13.1 Å². The van der Waals surface area contributed by atoms with Gasteiger partial charge in [0.25, 0.3) is 0 Å². The highest BCUT2D eigenvalue weighted by molar-refractivity contribution is 7.89. The van der Waals surface area contributed by atoms with Gasteiger partial charge in [-0.05, 0) is 43.3 Å². The molecule has 0 bridgehead atoms. The van der Waals surface area contributed by atoms with E-state index in [1.165, 1.54) is 27.4 Å². The molecule has 2 heterocycles. The van der Waals surface area contributed by atoms with E-state index in [-0.39, 0.29) is 16.3 Å². The van der Waals surface area contributed by atoms with Crippen LogP contribution >= 0.6 is 12.2 Å². The first kappa shape index (κ1) is 20.3. The first-order valence-electron chi connectivity index (χ1n) is 9.26. The van der Waals surface area contributed by atoms with Crippen molar-refractivity contribution in [3.63, 3.8) is 0 Å². The number of sulfonamides is 1. The van der Waals surface area contributed by atoms with Crippen molar-refractivity contribution in [2.75, 3.05) is 57.8 Å². The van der Waals surface area contributed by atoms with Crippen LogP contribution in [-0.2, 0) is 14.8 Å². The fourth-order valence-corrected chi connectivity index (χ4v) is 5.04. The van der Waals surface area contributed by atoms with Gasteiger partial charge in [0.2, 0.25) is 10.0 Å². The van der Waals surface area contributed by atoms with Crippen molar-refractivity contribution in [2.45, 2.75) is 17.7 Å². The molecule has 0 atom stereocenters. The molecule has 3 rings (SSSR count). The number of hydrogen-bond donors (Lipinski definition) is 4. The molecule has 0 saturated carbocycles. The van der Waals surface area contributed by atoms with Crippen LogP contribution in [0.5, 0.6) is 5.75 Å². The lowest BCUT2D eigenvalue weighted by atomic mass is 10.3. The smallest absolute Gasteiger partial charge is 0.243 e. The molecule has 1 aromatic rings. The molecule has 0 amide bonds. The van der Waals surface area contributed by atoms with Crippen LogP contribution in [0.1, 0.15) is 12.8 Å². The Morgan fingerprint density at radius 2 is 1.96 bits per heavy atom. The lowest BCUT2D eigenvalue weighted by molar-refractivity contribution is -0.906. The monoisotopic (exact) mass is 415 g/mol. The number of nitrogens with zero attached hydrogens (tertiary/aromatic N) is 1.